The van der Waals surface area contributed by atoms with E-state index >= 15 is 0 Å². The molecule has 0 aromatic rings. The van der Waals surface area contributed by atoms with Crippen LogP contribution in [0.15, 0.2) is 0 Å². The molecular weight excluding hydrogens is 224 g/mol. The molecule has 0 saturated carbocycles. The van der Waals surface area contributed by atoms with Gasteiger partial charge >= 0.3 is 0 Å². The zero-order chi connectivity index (χ0) is 12.2. The lowest BCUT2D eigenvalue weighted by Crippen LogP contribution is -2.42. The first-order chi connectivity index (χ1) is 7.45. The Balaban J connectivity index is 2.34. The van der Waals surface area contributed by atoms with Crippen LogP contribution in [0.4, 0.5) is 0 Å². The molecule has 0 amide bonds. The number of sulfonamides is 1. The fourth-order valence-electron chi connectivity index (χ4n) is 1.98. The second kappa shape index (κ2) is 5.98. The highest BCUT2D eigenvalue weighted by molar-refractivity contribution is 7.89. The van der Waals surface area contributed by atoms with Crippen molar-refractivity contribution in [3.63, 3.8) is 0 Å². The van der Waals surface area contributed by atoms with Crippen molar-refractivity contribution in [1.29, 1.82) is 0 Å². The molecule has 0 bridgehead atoms. The Morgan fingerprint density at radius 3 is 2.31 bits per heavy atom. The maximum atomic E-state index is 11.6. The minimum Gasteiger partial charge on any atom is -0.314 e. The number of hydrogen-bond donors (Lipinski definition) is 1. The third kappa shape index (κ3) is 4.03. The SMILES string of the molecule is CCS(=O)(=O)N1CCC(CNC(C)C)CC1. The van der Waals surface area contributed by atoms with Gasteiger partial charge in [-0.3, -0.25) is 0 Å². The van der Waals surface area contributed by atoms with E-state index in [1.165, 1.54) is 0 Å². The highest BCUT2D eigenvalue weighted by atomic mass is 32.2. The first-order valence-electron chi connectivity index (χ1n) is 6.17. The molecule has 1 aliphatic heterocycles. The highest BCUT2D eigenvalue weighted by Gasteiger charge is 2.26. The molecule has 0 atom stereocenters. The smallest absolute Gasteiger partial charge is 0.213 e. The van der Waals surface area contributed by atoms with Crippen LogP contribution in [-0.4, -0.2) is 44.2 Å². The molecule has 5 heteroatoms. The molecule has 0 spiro atoms. The molecule has 0 aliphatic carbocycles. The van der Waals surface area contributed by atoms with Crippen molar-refractivity contribution >= 4 is 10.0 Å². The van der Waals surface area contributed by atoms with Gasteiger partial charge in [0.25, 0.3) is 0 Å². The normalized spacial score (nSPS) is 20.5. The zero-order valence-electron chi connectivity index (χ0n) is 10.6. The second-order valence-corrected chi connectivity index (χ2v) is 7.06. The van der Waals surface area contributed by atoms with Gasteiger partial charge in [-0.05, 0) is 32.2 Å². The maximum absolute atomic E-state index is 11.6. The van der Waals surface area contributed by atoms with E-state index in [2.05, 4.69) is 19.2 Å². The lowest BCUT2D eigenvalue weighted by Gasteiger charge is -2.31. The molecule has 1 aliphatic rings. The molecular formula is C11H24N2O2S. The van der Waals surface area contributed by atoms with E-state index in [0.717, 1.165) is 19.4 Å². The minimum atomic E-state index is -2.96. The van der Waals surface area contributed by atoms with Crippen LogP contribution >= 0.6 is 0 Å². The van der Waals surface area contributed by atoms with Crippen molar-refractivity contribution in [3.8, 4) is 0 Å². The van der Waals surface area contributed by atoms with E-state index in [-0.39, 0.29) is 5.75 Å². The average molecular weight is 248 g/mol. The van der Waals surface area contributed by atoms with Crippen LogP contribution in [0.3, 0.4) is 0 Å². The van der Waals surface area contributed by atoms with Gasteiger partial charge in [0.15, 0.2) is 0 Å². The van der Waals surface area contributed by atoms with Crippen molar-refractivity contribution in [2.24, 2.45) is 5.92 Å². The number of piperidine rings is 1. The standard InChI is InChI=1S/C11H24N2O2S/c1-4-16(14,15)13-7-5-11(6-8-13)9-12-10(2)3/h10-12H,4-9H2,1-3H3. The van der Waals surface area contributed by atoms with Crippen LogP contribution in [-0.2, 0) is 10.0 Å². The summed E-state index contributed by atoms with van der Waals surface area (Å²) in [7, 11) is -2.96. The van der Waals surface area contributed by atoms with Crippen LogP contribution in [0.2, 0.25) is 0 Å². The molecule has 1 rings (SSSR count). The van der Waals surface area contributed by atoms with Crippen molar-refractivity contribution in [2.45, 2.75) is 39.7 Å². The van der Waals surface area contributed by atoms with Gasteiger partial charge in [-0.15, -0.1) is 0 Å². The first kappa shape index (κ1) is 13.9. The second-order valence-electron chi connectivity index (χ2n) is 4.81. The summed E-state index contributed by atoms with van der Waals surface area (Å²) in [6, 6.07) is 0.511. The number of nitrogens with one attached hydrogen (secondary N) is 1. The first-order valence-corrected chi connectivity index (χ1v) is 7.77. The third-order valence-electron chi connectivity index (χ3n) is 3.15. The van der Waals surface area contributed by atoms with Gasteiger partial charge in [0.2, 0.25) is 10.0 Å². The van der Waals surface area contributed by atoms with E-state index < -0.39 is 10.0 Å². The van der Waals surface area contributed by atoms with Gasteiger partial charge in [-0.2, -0.15) is 0 Å². The van der Waals surface area contributed by atoms with Crippen molar-refractivity contribution < 1.29 is 8.42 Å². The van der Waals surface area contributed by atoms with Crippen LogP contribution in [0, 0.1) is 5.92 Å². The Bertz CT molecular complexity index is 293. The molecule has 1 saturated heterocycles. The van der Waals surface area contributed by atoms with Crippen molar-refractivity contribution in [1.82, 2.24) is 9.62 Å². The molecule has 4 nitrogen and oxygen atoms in total. The van der Waals surface area contributed by atoms with Crippen LogP contribution in [0.1, 0.15) is 33.6 Å². The van der Waals surface area contributed by atoms with Crippen LogP contribution in [0.5, 0.6) is 0 Å². The summed E-state index contributed by atoms with van der Waals surface area (Å²) in [5.41, 5.74) is 0. The van der Waals surface area contributed by atoms with Gasteiger partial charge in [0.05, 0.1) is 5.75 Å². The fraction of sp³-hybridized carbons (Fsp3) is 1.00. The summed E-state index contributed by atoms with van der Waals surface area (Å²) in [6.45, 7) is 8.38. The zero-order valence-corrected chi connectivity index (χ0v) is 11.4. The van der Waals surface area contributed by atoms with Crippen molar-refractivity contribution in [2.75, 3.05) is 25.4 Å². The number of hydrogen-bond acceptors (Lipinski definition) is 3. The summed E-state index contributed by atoms with van der Waals surface area (Å²) in [6.07, 6.45) is 1.97. The predicted octanol–water partition coefficient (Wildman–Crippen LogP) is 1.05. The van der Waals surface area contributed by atoms with Gasteiger partial charge in [-0.1, -0.05) is 13.8 Å². The van der Waals surface area contributed by atoms with E-state index in [1.807, 2.05) is 0 Å². The molecule has 0 unspecified atom stereocenters. The van der Waals surface area contributed by atoms with Crippen LogP contribution in [0.25, 0.3) is 0 Å². The highest BCUT2D eigenvalue weighted by Crippen LogP contribution is 2.19. The molecule has 1 fully saturated rings. The lowest BCUT2D eigenvalue weighted by atomic mass is 9.98. The Morgan fingerprint density at radius 2 is 1.88 bits per heavy atom. The quantitative estimate of drug-likeness (QED) is 0.791. The largest absolute Gasteiger partial charge is 0.314 e. The molecule has 0 aromatic heterocycles. The molecule has 96 valence electrons. The minimum absolute atomic E-state index is 0.224. The van der Waals surface area contributed by atoms with E-state index in [0.29, 0.717) is 25.0 Å². The van der Waals surface area contributed by atoms with Crippen molar-refractivity contribution in [3.05, 3.63) is 0 Å². The Kier molecular flexibility index (Phi) is 5.21. The fourth-order valence-corrected chi connectivity index (χ4v) is 3.11. The summed E-state index contributed by atoms with van der Waals surface area (Å²) >= 11 is 0. The summed E-state index contributed by atoms with van der Waals surface area (Å²) in [5.74, 6) is 0.854. The third-order valence-corrected chi connectivity index (χ3v) is 5.03. The topological polar surface area (TPSA) is 49.4 Å². The van der Waals surface area contributed by atoms with Gasteiger partial charge in [0, 0.05) is 19.1 Å². The summed E-state index contributed by atoms with van der Waals surface area (Å²) < 4.78 is 24.9. The van der Waals surface area contributed by atoms with E-state index in [9.17, 15) is 8.42 Å². The summed E-state index contributed by atoms with van der Waals surface area (Å²) in [5, 5.41) is 3.41. The lowest BCUT2D eigenvalue weighted by molar-refractivity contribution is 0.264. The van der Waals surface area contributed by atoms with E-state index in [4.69, 9.17) is 0 Å². The molecule has 0 aromatic carbocycles. The van der Waals surface area contributed by atoms with Gasteiger partial charge < -0.3 is 5.32 Å². The Morgan fingerprint density at radius 1 is 1.31 bits per heavy atom. The molecule has 1 heterocycles. The predicted molar refractivity (Wildman–Crippen MR) is 66.9 cm³/mol. The number of nitrogens with zero attached hydrogens (tertiary/aromatic N) is 1. The molecule has 1 N–H and O–H groups in total. The number of rotatable bonds is 5. The molecule has 0 radical (unpaired) electrons. The summed E-state index contributed by atoms with van der Waals surface area (Å²) in [4.78, 5) is 0. The van der Waals surface area contributed by atoms with Crippen LogP contribution < -0.4 is 5.32 Å². The monoisotopic (exact) mass is 248 g/mol. The maximum Gasteiger partial charge on any atom is 0.213 e. The Labute approximate surface area is 99.5 Å². The Hall–Kier alpha value is -0.130. The molecule has 16 heavy (non-hydrogen) atoms. The van der Waals surface area contributed by atoms with Gasteiger partial charge in [-0.25, -0.2) is 12.7 Å². The van der Waals surface area contributed by atoms with Gasteiger partial charge in [0.1, 0.15) is 0 Å². The van der Waals surface area contributed by atoms with E-state index in [1.54, 1.807) is 11.2 Å². The average Bonchev–Trinajstić information content (AvgIpc) is 2.27.